The summed E-state index contributed by atoms with van der Waals surface area (Å²) >= 11 is 0. The van der Waals surface area contributed by atoms with Crippen molar-refractivity contribution in [2.75, 3.05) is 12.5 Å². The van der Waals surface area contributed by atoms with Crippen LogP contribution in [-0.2, 0) is 27.7 Å². The Labute approximate surface area is 254 Å². The monoisotopic (exact) mass is 625 g/mol. The molecule has 0 N–H and O–H groups in total. The second kappa shape index (κ2) is 12.4. The van der Waals surface area contributed by atoms with E-state index < -0.39 is 43.7 Å². The highest BCUT2D eigenvalue weighted by atomic mass is 32.2. The zero-order valence-corrected chi connectivity index (χ0v) is 25.7. The zero-order chi connectivity index (χ0) is 31.6. The van der Waals surface area contributed by atoms with E-state index in [2.05, 4.69) is 9.97 Å². The fraction of sp³-hybridized carbons (Fsp3) is 0.344. The lowest BCUT2D eigenvalue weighted by atomic mass is 9.87. The van der Waals surface area contributed by atoms with Crippen LogP contribution in [0.25, 0.3) is 11.3 Å². The Hall–Kier alpha value is -4.16. The topological polar surface area (TPSA) is 110 Å². The van der Waals surface area contributed by atoms with Gasteiger partial charge in [-0.25, -0.2) is 27.2 Å². The Balaban J connectivity index is 1.37. The minimum atomic E-state index is -4.01. The molecule has 9 nitrogen and oxygen atoms in total. The Morgan fingerprint density at radius 2 is 1.75 bits per heavy atom. The average Bonchev–Trinajstić information content (AvgIpc) is 3.43. The van der Waals surface area contributed by atoms with Crippen LogP contribution in [0.1, 0.15) is 44.0 Å². The van der Waals surface area contributed by atoms with Crippen molar-refractivity contribution in [3.05, 3.63) is 99.6 Å². The van der Waals surface area contributed by atoms with Crippen LogP contribution in [-0.4, -0.2) is 41.6 Å². The number of pyridine rings is 1. The van der Waals surface area contributed by atoms with Gasteiger partial charge in [-0.2, -0.15) is 0 Å². The van der Waals surface area contributed by atoms with Crippen molar-refractivity contribution in [3.63, 3.8) is 0 Å². The number of halogens is 2. The minimum Gasteiger partial charge on any atom is -0.454 e. The van der Waals surface area contributed by atoms with E-state index in [1.54, 1.807) is 43.3 Å². The second-order valence-electron chi connectivity index (χ2n) is 11.7. The van der Waals surface area contributed by atoms with Gasteiger partial charge in [0, 0.05) is 23.0 Å². The molecule has 0 bridgehead atoms. The number of benzene rings is 2. The predicted molar refractivity (Wildman–Crippen MR) is 159 cm³/mol. The Morgan fingerprint density at radius 1 is 1.00 bits per heavy atom. The summed E-state index contributed by atoms with van der Waals surface area (Å²) in [5.74, 6) is -0.625. The predicted octanol–water partition coefficient (Wildman–Crippen LogP) is 5.46. The summed E-state index contributed by atoms with van der Waals surface area (Å²) in [5, 5.41) is -0.414. The van der Waals surface area contributed by atoms with E-state index in [0.29, 0.717) is 28.3 Å². The van der Waals surface area contributed by atoms with Crippen LogP contribution < -0.4 is 15.0 Å². The first-order valence-electron chi connectivity index (χ1n) is 14.0. The van der Waals surface area contributed by atoms with Gasteiger partial charge in [0.2, 0.25) is 21.8 Å². The van der Waals surface area contributed by atoms with Crippen LogP contribution in [0, 0.1) is 24.0 Å². The quantitative estimate of drug-likeness (QED) is 0.214. The lowest BCUT2D eigenvalue weighted by molar-refractivity contribution is -0.0304. The van der Waals surface area contributed by atoms with Gasteiger partial charge in [0.15, 0.2) is 17.3 Å². The third-order valence-corrected chi connectivity index (χ3v) is 8.76. The number of aryl methyl sites for hydroxylation is 1. The normalized spacial score (nSPS) is 13.7. The molecule has 1 unspecified atom stereocenters. The first-order valence-corrected chi connectivity index (χ1v) is 15.7. The molecule has 3 heterocycles. The molecule has 0 spiro atoms. The van der Waals surface area contributed by atoms with Crippen molar-refractivity contribution in [2.45, 2.75) is 58.5 Å². The van der Waals surface area contributed by atoms with Gasteiger partial charge >= 0.3 is 0 Å². The Kier molecular flexibility index (Phi) is 8.85. The number of rotatable bonds is 10. The number of ether oxygens (including phenoxy) is 3. The maximum atomic E-state index is 14.8. The molecule has 1 aliphatic rings. The molecule has 2 aromatic heterocycles. The first-order chi connectivity index (χ1) is 20.8. The number of nitrogens with zero attached hydrogens (tertiary/aromatic N) is 3. The fourth-order valence-electron chi connectivity index (χ4n) is 4.85. The molecule has 0 fully saturated rings. The van der Waals surface area contributed by atoms with E-state index in [9.17, 15) is 22.0 Å². The largest absolute Gasteiger partial charge is 0.454 e. The van der Waals surface area contributed by atoms with Crippen LogP contribution in [0.5, 0.6) is 11.5 Å². The number of sulfone groups is 1. The van der Waals surface area contributed by atoms with Crippen LogP contribution in [0.15, 0.2) is 70.7 Å². The van der Waals surface area contributed by atoms with Gasteiger partial charge < -0.3 is 18.8 Å². The molecule has 4 aromatic rings. The van der Waals surface area contributed by atoms with Gasteiger partial charge in [-0.3, -0.25) is 4.79 Å². The average molecular weight is 626 g/mol. The van der Waals surface area contributed by atoms with Crippen molar-refractivity contribution in [1.29, 1.82) is 0 Å². The summed E-state index contributed by atoms with van der Waals surface area (Å²) in [7, 11) is -4.01. The SMILES string of the molecule is Cc1cc(-c2cc(F)c(=O)n(Cc3ccc4c(c3)OCO4)c2)nc(S(=O)(=O)CCC(OCc2ccccc2F)C(C)(C)C)n1. The van der Waals surface area contributed by atoms with Crippen molar-refractivity contribution < 1.29 is 31.4 Å². The molecule has 1 aliphatic heterocycles. The summed E-state index contributed by atoms with van der Waals surface area (Å²) in [6.07, 6.45) is 1.03. The highest BCUT2D eigenvalue weighted by molar-refractivity contribution is 7.91. The van der Waals surface area contributed by atoms with Crippen molar-refractivity contribution in [2.24, 2.45) is 5.41 Å². The third-order valence-electron chi connectivity index (χ3n) is 7.25. The highest BCUT2D eigenvalue weighted by Gasteiger charge is 2.29. The van der Waals surface area contributed by atoms with Crippen LogP contribution in [0.3, 0.4) is 0 Å². The van der Waals surface area contributed by atoms with Crippen LogP contribution >= 0.6 is 0 Å². The maximum absolute atomic E-state index is 14.8. The lowest BCUT2D eigenvalue weighted by Crippen LogP contribution is -2.32. The van der Waals surface area contributed by atoms with Gasteiger partial charge in [-0.05, 0) is 54.7 Å². The smallest absolute Gasteiger partial charge is 0.286 e. The van der Waals surface area contributed by atoms with Gasteiger partial charge in [-0.15, -0.1) is 0 Å². The van der Waals surface area contributed by atoms with Crippen LogP contribution in [0.4, 0.5) is 8.78 Å². The van der Waals surface area contributed by atoms with Gasteiger partial charge in [0.25, 0.3) is 5.56 Å². The molecule has 0 amide bonds. The summed E-state index contributed by atoms with van der Waals surface area (Å²) < 4.78 is 73.8. The van der Waals surface area contributed by atoms with E-state index in [0.717, 1.165) is 6.07 Å². The van der Waals surface area contributed by atoms with Crippen molar-refractivity contribution in [1.82, 2.24) is 14.5 Å². The zero-order valence-electron chi connectivity index (χ0n) is 24.8. The lowest BCUT2D eigenvalue weighted by Gasteiger charge is -2.30. The van der Waals surface area contributed by atoms with E-state index in [1.807, 2.05) is 20.8 Å². The Bertz CT molecular complexity index is 1850. The van der Waals surface area contributed by atoms with Crippen molar-refractivity contribution >= 4 is 9.84 Å². The molecule has 232 valence electrons. The third kappa shape index (κ3) is 7.13. The first kappa shape index (κ1) is 31.3. The molecule has 0 aliphatic carbocycles. The standard InChI is InChI=1S/C32H33F2N3O6S/c1-20-13-26(23-15-25(34)30(38)37(17-23)16-21-9-10-27-28(14-21)43-19-42-27)36-31(35-20)44(39,40)12-11-29(32(2,3)4)41-18-22-7-5-6-8-24(22)33/h5-10,13-15,17,29H,11-12,16,18-19H2,1-4H3. The van der Waals surface area contributed by atoms with Crippen LogP contribution in [0.2, 0.25) is 0 Å². The van der Waals surface area contributed by atoms with Gasteiger partial charge in [0.1, 0.15) is 5.82 Å². The highest BCUT2D eigenvalue weighted by Crippen LogP contribution is 2.33. The van der Waals surface area contributed by atoms with Gasteiger partial charge in [-0.1, -0.05) is 45.0 Å². The summed E-state index contributed by atoms with van der Waals surface area (Å²) in [6, 6.07) is 14.0. The van der Waals surface area contributed by atoms with E-state index >= 15 is 0 Å². The molecule has 44 heavy (non-hydrogen) atoms. The number of aromatic nitrogens is 3. The Morgan fingerprint density at radius 3 is 2.50 bits per heavy atom. The van der Waals surface area contributed by atoms with Gasteiger partial charge in [0.05, 0.1) is 30.7 Å². The molecule has 12 heteroatoms. The molecule has 0 saturated carbocycles. The molecule has 0 radical (unpaired) electrons. The summed E-state index contributed by atoms with van der Waals surface area (Å²) in [5.41, 5.74) is 0.495. The summed E-state index contributed by atoms with van der Waals surface area (Å²) in [4.78, 5) is 21.1. The second-order valence-corrected chi connectivity index (χ2v) is 13.7. The van der Waals surface area contributed by atoms with E-state index in [4.69, 9.17) is 14.2 Å². The molecule has 2 aromatic carbocycles. The maximum Gasteiger partial charge on any atom is 0.286 e. The van der Waals surface area contributed by atoms with E-state index in [-0.39, 0.29) is 43.4 Å². The number of hydrogen-bond donors (Lipinski definition) is 0. The molecule has 5 rings (SSSR count). The molecular formula is C32H33F2N3O6S. The number of fused-ring (bicyclic) bond motifs is 1. The van der Waals surface area contributed by atoms with Crippen molar-refractivity contribution in [3.8, 4) is 22.8 Å². The molecule has 1 atom stereocenters. The fourth-order valence-corrected chi connectivity index (χ4v) is 6.07. The molecular weight excluding hydrogens is 592 g/mol. The molecule has 0 saturated heterocycles. The minimum absolute atomic E-state index is 0.00666. The summed E-state index contributed by atoms with van der Waals surface area (Å²) in [6.45, 7) is 7.49. The van der Waals surface area contributed by atoms with E-state index in [1.165, 1.54) is 22.9 Å². The number of hydrogen-bond acceptors (Lipinski definition) is 8.